The van der Waals surface area contributed by atoms with Crippen LogP contribution >= 0.6 is 0 Å². The van der Waals surface area contributed by atoms with E-state index in [1.54, 1.807) is 4.68 Å². The highest BCUT2D eigenvalue weighted by atomic mass is 16.3. The zero-order valence-corrected chi connectivity index (χ0v) is 10.9. The van der Waals surface area contributed by atoms with E-state index in [0.29, 0.717) is 0 Å². The third-order valence-corrected chi connectivity index (χ3v) is 3.58. The highest BCUT2D eigenvalue weighted by molar-refractivity contribution is 5.40. The van der Waals surface area contributed by atoms with E-state index in [0.717, 1.165) is 37.6 Å². The van der Waals surface area contributed by atoms with Gasteiger partial charge in [0.2, 0.25) is 5.95 Å². The molecule has 0 saturated carbocycles. The van der Waals surface area contributed by atoms with E-state index in [-0.39, 0.29) is 0 Å². The lowest BCUT2D eigenvalue weighted by Gasteiger charge is -2.35. The van der Waals surface area contributed by atoms with Gasteiger partial charge < -0.3 is 10.0 Å². The maximum atomic E-state index is 9.99. The van der Waals surface area contributed by atoms with Gasteiger partial charge in [-0.2, -0.15) is 4.68 Å². The molecule has 1 N–H and O–H groups in total. The Hall–Kier alpha value is -1.95. The van der Waals surface area contributed by atoms with Crippen LogP contribution in [0.5, 0.6) is 0 Å². The van der Waals surface area contributed by atoms with Crippen LogP contribution in [-0.2, 0) is 0 Å². The van der Waals surface area contributed by atoms with E-state index >= 15 is 0 Å². The third kappa shape index (κ3) is 2.44. The number of hydrogen-bond donors (Lipinski definition) is 1. The highest BCUT2D eigenvalue weighted by Crippen LogP contribution is 2.25. The van der Waals surface area contributed by atoms with Crippen molar-refractivity contribution in [1.82, 2.24) is 20.2 Å². The Kier molecular flexibility index (Phi) is 2.94. The van der Waals surface area contributed by atoms with Crippen molar-refractivity contribution in [2.45, 2.75) is 25.4 Å². The first kappa shape index (κ1) is 12.1. The molecule has 1 saturated heterocycles. The van der Waals surface area contributed by atoms with Gasteiger partial charge in [0, 0.05) is 13.1 Å². The molecule has 19 heavy (non-hydrogen) atoms. The molecule has 6 heteroatoms. The van der Waals surface area contributed by atoms with Gasteiger partial charge in [0.15, 0.2) is 0 Å². The molecule has 2 heterocycles. The van der Waals surface area contributed by atoms with Gasteiger partial charge in [-0.3, -0.25) is 0 Å². The monoisotopic (exact) mass is 259 g/mol. The van der Waals surface area contributed by atoms with Crippen LogP contribution in [0.1, 0.15) is 19.8 Å². The van der Waals surface area contributed by atoms with Crippen molar-refractivity contribution in [2.24, 2.45) is 0 Å². The summed E-state index contributed by atoms with van der Waals surface area (Å²) >= 11 is 0. The molecule has 1 aromatic heterocycles. The van der Waals surface area contributed by atoms with E-state index in [9.17, 15) is 5.11 Å². The summed E-state index contributed by atoms with van der Waals surface area (Å²) in [6.45, 7) is 3.41. The summed E-state index contributed by atoms with van der Waals surface area (Å²) in [6, 6.07) is 9.83. The van der Waals surface area contributed by atoms with Crippen LogP contribution in [-0.4, -0.2) is 44.0 Å². The van der Waals surface area contributed by atoms with E-state index in [1.807, 2.05) is 37.3 Å². The molecule has 0 amide bonds. The van der Waals surface area contributed by atoms with Crippen molar-refractivity contribution in [3.63, 3.8) is 0 Å². The Bertz CT molecular complexity index is 541. The summed E-state index contributed by atoms with van der Waals surface area (Å²) in [5.74, 6) is 0.738. The smallest absolute Gasteiger partial charge is 0.250 e. The average Bonchev–Trinajstić information content (AvgIpc) is 2.89. The van der Waals surface area contributed by atoms with Gasteiger partial charge in [0.05, 0.1) is 11.3 Å². The lowest BCUT2D eigenvalue weighted by atomic mass is 9.94. The Balaban J connectivity index is 1.86. The number of aliphatic hydroxyl groups is 1. The van der Waals surface area contributed by atoms with E-state index in [4.69, 9.17) is 0 Å². The third-order valence-electron chi connectivity index (χ3n) is 3.58. The maximum Gasteiger partial charge on any atom is 0.250 e. The Morgan fingerprint density at radius 2 is 1.84 bits per heavy atom. The first-order valence-corrected chi connectivity index (χ1v) is 6.47. The molecule has 1 fully saturated rings. The Morgan fingerprint density at radius 1 is 1.16 bits per heavy atom. The number of piperidine rings is 1. The van der Waals surface area contributed by atoms with Crippen molar-refractivity contribution in [3.05, 3.63) is 30.3 Å². The van der Waals surface area contributed by atoms with E-state index in [1.165, 1.54) is 0 Å². The van der Waals surface area contributed by atoms with Gasteiger partial charge in [0.25, 0.3) is 0 Å². The quantitative estimate of drug-likeness (QED) is 0.872. The Labute approximate surface area is 111 Å². The summed E-state index contributed by atoms with van der Waals surface area (Å²) in [4.78, 5) is 2.12. The van der Waals surface area contributed by atoms with Gasteiger partial charge in [-0.1, -0.05) is 23.3 Å². The van der Waals surface area contributed by atoms with Crippen LogP contribution in [0.25, 0.3) is 5.69 Å². The first-order chi connectivity index (χ1) is 9.16. The normalized spacial score (nSPS) is 18.5. The summed E-state index contributed by atoms with van der Waals surface area (Å²) in [5, 5.41) is 21.9. The SMILES string of the molecule is CC1(O)CCN(c2nnnn2-c2ccccc2)CC1. The zero-order chi connectivity index (χ0) is 13.3. The number of para-hydroxylation sites is 1. The van der Waals surface area contributed by atoms with Crippen molar-refractivity contribution >= 4 is 5.95 Å². The summed E-state index contributed by atoms with van der Waals surface area (Å²) in [7, 11) is 0. The van der Waals surface area contributed by atoms with Crippen LogP contribution in [0.15, 0.2) is 30.3 Å². The van der Waals surface area contributed by atoms with Gasteiger partial charge in [0.1, 0.15) is 0 Å². The van der Waals surface area contributed by atoms with Gasteiger partial charge >= 0.3 is 0 Å². The fourth-order valence-electron chi connectivity index (χ4n) is 2.30. The zero-order valence-electron chi connectivity index (χ0n) is 10.9. The molecule has 0 spiro atoms. The lowest BCUT2D eigenvalue weighted by molar-refractivity contribution is 0.0348. The number of rotatable bonds is 2. The molecule has 1 aromatic carbocycles. The minimum Gasteiger partial charge on any atom is -0.390 e. The second kappa shape index (κ2) is 4.62. The molecular formula is C13H17N5O. The number of hydrogen-bond acceptors (Lipinski definition) is 5. The predicted octanol–water partition coefficient (Wildman–Crippen LogP) is 1.01. The molecule has 3 rings (SSSR count). The van der Waals surface area contributed by atoms with Crippen LogP contribution in [0.2, 0.25) is 0 Å². The van der Waals surface area contributed by atoms with Gasteiger partial charge in [-0.15, -0.1) is 0 Å². The second-order valence-corrected chi connectivity index (χ2v) is 5.21. The number of nitrogens with zero attached hydrogens (tertiary/aromatic N) is 5. The summed E-state index contributed by atoms with van der Waals surface area (Å²) in [5.41, 5.74) is 0.376. The van der Waals surface area contributed by atoms with Crippen LogP contribution in [0, 0.1) is 0 Å². The molecule has 0 atom stereocenters. The molecule has 0 unspecified atom stereocenters. The molecule has 0 radical (unpaired) electrons. The van der Waals surface area contributed by atoms with Crippen molar-refractivity contribution < 1.29 is 5.11 Å². The van der Waals surface area contributed by atoms with Crippen molar-refractivity contribution in [3.8, 4) is 5.69 Å². The second-order valence-electron chi connectivity index (χ2n) is 5.21. The average molecular weight is 259 g/mol. The van der Waals surface area contributed by atoms with Crippen LogP contribution in [0.4, 0.5) is 5.95 Å². The number of tetrazole rings is 1. The molecular weight excluding hydrogens is 242 g/mol. The largest absolute Gasteiger partial charge is 0.390 e. The molecule has 100 valence electrons. The van der Waals surface area contributed by atoms with Crippen molar-refractivity contribution in [2.75, 3.05) is 18.0 Å². The topological polar surface area (TPSA) is 67.1 Å². The summed E-state index contributed by atoms with van der Waals surface area (Å²) < 4.78 is 1.74. The fraction of sp³-hybridized carbons (Fsp3) is 0.462. The van der Waals surface area contributed by atoms with Gasteiger partial charge in [-0.25, -0.2) is 0 Å². The minimum absolute atomic E-state index is 0.568. The molecule has 1 aliphatic heterocycles. The molecule has 1 aliphatic rings. The van der Waals surface area contributed by atoms with Crippen LogP contribution < -0.4 is 4.90 Å². The standard InChI is InChI=1S/C13H17N5O/c1-13(19)7-9-17(10-8-13)12-14-15-16-18(12)11-5-3-2-4-6-11/h2-6,19H,7-10H2,1H3. The molecule has 2 aromatic rings. The minimum atomic E-state index is -0.568. The first-order valence-electron chi connectivity index (χ1n) is 6.47. The number of aromatic nitrogens is 4. The number of anilines is 1. The molecule has 6 nitrogen and oxygen atoms in total. The van der Waals surface area contributed by atoms with E-state index in [2.05, 4.69) is 20.4 Å². The van der Waals surface area contributed by atoms with Crippen LogP contribution in [0.3, 0.4) is 0 Å². The lowest BCUT2D eigenvalue weighted by Crippen LogP contribution is -2.43. The predicted molar refractivity (Wildman–Crippen MR) is 71.2 cm³/mol. The molecule has 0 aliphatic carbocycles. The molecule has 0 bridgehead atoms. The maximum absolute atomic E-state index is 9.99. The van der Waals surface area contributed by atoms with Crippen molar-refractivity contribution in [1.29, 1.82) is 0 Å². The number of benzene rings is 1. The van der Waals surface area contributed by atoms with E-state index < -0.39 is 5.60 Å². The fourth-order valence-corrected chi connectivity index (χ4v) is 2.30. The van der Waals surface area contributed by atoms with Gasteiger partial charge in [-0.05, 0) is 42.3 Å². The Morgan fingerprint density at radius 3 is 2.53 bits per heavy atom. The highest BCUT2D eigenvalue weighted by Gasteiger charge is 2.29. The summed E-state index contributed by atoms with van der Waals surface area (Å²) in [6.07, 6.45) is 1.46.